The molecule has 0 aliphatic carbocycles. The van der Waals surface area contributed by atoms with E-state index < -0.39 is 32.7 Å². The average Bonchev–Trinajstić information content (AvgIpc) is 3.24. The summed E-state index contributed by atoms with van der Waals surface area (Å²) in [6.07, 6.45) is 54.0. The van der Waals surface area contributed by atoms with Crippen LogP contribution in [0.3, 0.4) is 0 Å². The quantitative estimate of drug-likeness (QED) is 0.0240. The predicted octanol–water partition coefficient (Wildman–Crippen LogP) is 13.3. The standard InChI is InChI=1S/C53H99N2O7P/c1-6-8-10-12-14-16-18-20-21-22-23-24-25-26-27-28-29-30-31-32-33-34-36-38-40-42-44-46-52(57)54-50(49-62-63(59,60)61-48-47-55(3,4)5)53(58)51(56)45-43-41-39-37-35-19-17-15-13-11-9-7-2/h8,10,14,16,20-21,23-24,26-27,50-51,53,56,58H,6-7,9,11-13,15,17-19,22,25,28-49H2,1-5H3,(H-,54,57,59,60)/b10-8-,16-14-,21-20-,24-23-,27-26-. The third kappa shape index (κ3) is 45.1. The third-order valence-electron chi connectivity index (χ3n) is 11.4. The summed E-state index contributed by atoms with van der Waals surface area (Å²) < 4.78 is 23.2. The Morgan fingerprint density at radius 3 is 1.46 bits per heavy atom. The summed E-state index contributed by atoms with van der Waals surface area (Å²) in [7, 11) is 1.12. The molecule has 4 atom stereocenters. The molecule has 368 valence electrons. The maximum Gasteiger partial charge on any atom is 0.268 e. The van der Waals surface area contributed by atoms with Gasteiger partial charge in [-0.05, 0) is 57.8 Å². The monoisotopic (exact) mass is 907 g/mol. The summed E-state index contributed by atoms with van der Waals surface area (Å²) in [4.78, 5) is 25.5. The number of carbonyl (C=O) groups excluding carboxylic acids is 1. The number of unbranched alkanes of at least 4 members (excludes halogenated alkanes) is 22. The fourth-order valence-electron chi connectivity index (χ4n) is 7.28. The van der Waals surface area contributed by atoms with Crippen LogP contribution in [-0.4, -0.2) is 79.8 Å². The van der Waals surface area contributed by atoms with E-state index in [2.05, 4.69) is 79.9 Å². The summed E-state index contributed by atoms with van der Waals surface area (Å²) >= 11 is 0. The highest BCUT2D eigenvalue weighted by molar-refractivity contribution is 7.45. The van der Waals surface area contributed by atoms with Crippen molar-refractivity contribution >= 4 is 13.7 Å². The summed E-state index contributed by atoms with van der Waals surface area (Å²) in [6, 6.07) is -1.08. The molecule has 0 aromatic heterocycles. The molecule has 0 heterocycles. The smallest absolute Gasteiger partial charge is 0.268 e. The van der Waals surface area contributed by atoms with Crippen LogP contribution in [0.2, 0.25) is 0 Å². The number of hydrogen-bond acceptors (Lipinski definition) is 7. The minimum atomic E-state index is -4.67. The van der Waals surface area contributed by atoms with Crippen molar-refractivity contribution in [2.45, 2.75) is 231 Å². The van der Waals surface area contributed by atoms with Crippen molar-refractivity contribution in [2.24, 2.45) is 0 Å². The molecule has 0 rings (SSSR count). The van der Waals surface area contributed by atoms with Crippen LogP contribution in [0.15, 0.2) is 60.8 Å². The second-order valence-electron chi connectivity index (χ2n) is 18.6. The van der Waals surface area contributed by atoms with Crippen molar-refractivity contribution in [2.75, 3.05) is 40.9 Å². The molecule has 0 aromatic carbocycles. The lowest BCUT2D eigenvalue weighted by atomic mass is 9.99. The fraction of sp³-hybridized carbons (Fsp3) is 0.792. The van der Waals surface area contributed by atoms with E-state index in [4.69, 9.17) is 9.05 Å². The molecular weight excluding hydrogens is 808 g/mol. The van der Waals surface area contributed by atoms with Gasteiger partial charge in [0.1, 0.15) is 19.3 Å². The van der Waals surface area contributed by atoms with E-state index in [1.54, 1.807) is 0 Å². The van der Waals surface area contributed by atoms with Gasteiger partial charge in [0, 0.05) is 6.42 Å². The number of carbonyl (C=O) groups is 1. The highest BCUT2D eigenvalue weighted by Crippen LogP contribution is 2.38. The van der Waals surface area contributed by atoms with Gasteiger partial charge in [-0.25, -0.2) is 0 Å². The molecule has 0 aliphatic heterocycles. The van der Waals surface area contributed by atoms with Crippen LogP contribution in [0.5, 0.6) is 0 Å². The summed E-state index contributed by atoms with van der Waals surface area (Å²) in [5.74, 6) is -0.284. The maximum absolute atomic E-state index is 13.0. The Kier molecular flexibility index (Phi) is 42.7. The molecule has 0 bridgehead atoms. The van der Waals surface area contributed by atoms with Gasteiger partial charge < -0.3 is 34.0 Å². The van der Waals surface area contributed by atoms with Crippen LogP contribution < -0.4 is 10.2 Å². The molecule has 0 aliphatic rings. The van der Waals surface area contributed by atoms with Crippen LogP contribution in [0.25, 0.3) is 0 Å². The molecule has 3 N–H and O–H groups in total. The number of phosphoric acid groups is 1. The topological polar surface area (TPSA) is 128 Å². The van der Waals surface area contributed by atoms with Crippen LogP contribution >= 0.6 is 7.82 Å². The second kappa shape index (κ2) is 44.0. The highest BCUT2D eigenvalue weighted by Gasteiger charge is 2.29. The van der Waals surface area contributed by atoms with E-state index in [0.717, 1.165) is 77.0 Å². The predicted molar refractivity (Wildman–Crippen MR) is 267 cm³/mol. The minimum Gasteiger partial charge on any atom is -0.756 e. The Labute approximate surface area is 388 Å². The van der Waals surface area contributed by atoms with Crippen LogP contribution in [0.1, 0.15) is 213 Å². The number of rotatable bonds is 46. The van der Waals surface area contributed by atoms with Gasteiger partial charge in [-0.1, -0.05) is 209 Å². The number of amides is 1. The number of quaternary nitrogens is 1. The van der Waals surface area contributed by atoms with Crippen molar-refractivity contribution < 1.29 is 38.0 Å². The van der Waals surface area contributed by atoms with Crippen molar-refractivity contribution in [3.05, 3.63) is 60.8 Å². The van der Waals surface area contributed by atoms with Gasteiger partial charge in [0.2, 0.25) is 5.91 Å². The summed E-state index contributed by atoms with van der Waals surface area (Å²) in [5, 5.41) is 24.7. The Bertz CT molecular complexity index is 1230. The second-order valence-corrected chi connectivity index (χ2v) is 20.0. The van der Waals surface area contributed by atoms with Gasteiger partial charge in [-0.2, -0.15) is 0 Å². The normalized spacial score (nSPS) is 15.1. The molecule has 1 amide bonds. The Balaban J connectivity index is 4.28. The van der Waals surface area contributed by atoms with Gasteiger partial charge in [-0.3, -0.25) is 9.36 Å². The lowest BCUT2D eigenvalue weighted by Crippen LogP contribution is -2.51. The molecule has 9 nitrogen and oxygen atoms in total. The zero-order chi connectivity index (χ0) is 46.5. The maximum atomic E-state index is 13.0. The largest absolute Gasteiger partial charge is 0.756 e. The first kappa shape index (κ1) is 61.2. The number of aliphatic hydroxyl groups is 2. The van der Waals surface area contributed by atoms with E-state index in [0.29, 0.717) is 23.9 Å². The SMILES string of the molecule is CC/C=C\C/C=C\C/C=C\C/C=C\C/C=C\CCCCCCCCCCCCCC(=O)NC(COP(=O)([O-])OCC[N+](C)(C)C)C(O)C(O)CCCCCCCCCCCCCC. The number of allylic oxidation sites excluding steroid dienone is 10. The molecule has 0 fully saturated rings. The average molecular weight is 907 g/mol. The number of hydrogen-bond donors (Lipinski definition) is 3. The number of likely N-dealkylation sites (N-methyl/N-ethyl adjacent to an activating group) is 1. The summed E-state index contributed by atoms with van der Waals surface area (Å²) in [6.45, 7) is 4.32. The fourth-order valence-corrected chi connectivity index (χ4v) is 8.00. The Morgan fingerprint density at radius 1 is 0.587 bits per heavy atom. The van der Waals surface area contributed by atoms with E-state index >= 15 is 0 Å². The number of nitrogens with one attached hydrogen (secondary N) is 1. The van der Waals surface area contributed by atoms with Crippen LogP contribution in [-0.2, 0) is 18.4 Å². The van der Waals surface area contributed by atoms with Gasteiger partial charge >= 0.3 is 0 Å². The molecule has 0 aromatic rings. The minimum absolute atomic E-state index is 0.0432. The Morgan fingerprint density at radius 2 is 1.00 bits per heavy atom. The van der Waals surface area contributed by atoms with Crippen molar-refractivity contribution in [1.29, 1.82) is 0 Å². The molecule has 0 spiro atoms. The molecule has 4 unspecified atom stereocenters. The van der Waals surface area contributed by atoms with Gasteiger partial charge in [-0.15, -0.1) is 0 Å². The lowest BCUT2D eigenvalue weighted by molar-refractivity contribution is -0.870. The third-order valence-corrected chi connectivity index (χ3v) is 12.3. The van der Waals surface area contributed by atoms with E-state index in [1.165, 1.54) is 103 Å². The number of aliphatic hydroxyl groups excluding tert-OH is 2. The first-order chi connectivity index (χ1) is 30.4. The summed E-state index contributed by atoms with van der Waals surface area (Å²) in [5.41, 5.74) is 0. The molecule has 0 saturated heterocycles. The van der Waals surface area contributed by atoms with Gasteiger partial charge in [0.25, 0.3) is 7.82 Å². The number of phosphoric ester groups is 1. The van der Waals surface area contributed by atoms with E-state index in [9.17, 15) is 24.5 Å². The molecule has 0 radical (unpaired) electrons. The molecular formula is C53H99N2O7P. The van der Waals surface area contributed by atoms with E-state index in [-0.39, 0.29) is 18.9 Å². The highest BCUT2D eigenvalue weighted by atomic mass is 31.2. The molecule has 10 heteroatoms. The van der Waals surface area contributed by atoms with Gasteiger partial charge in [0.15, 0.2) is 0 Å². The first-order valence-electron chi connectivity index (χ1n) is 25.7. The number of nitrogens with zero attached hydrogens (tertiary/aromatic N) is 1. The molecule has 0 saturated carbocycles. The van der Waals surface area contributed by atoms with Crippen molar-refractivity contribution in [3.8, 4) is 0 Å². The lowest BCUT2D eigenvalue weighted by Gasteiger charge is -2.31. The zero-order valence-corrected chi connectivity index (χ0v) is 42.3. The van der Waals surface area contributed by atoms with E-state index in [1.807, 2.05) is 21.1 Å². The Hall–Kier alpha value is -1.84. The van der Waals surface area contributed by atoms with Crippen molar-refractivity contribution in [1.82, 2.24) is 5.32 Å². The zero-order valence-electron chi connectivity index (χ0n) is 41.4. The van der Waals surface area contributed by atoms with Crippen LogP contribution in [0.4, 0.5) is 0 Å². The van der Waals surface area contributed by atoms with Crippen LogP contribution in [0, 0.1) is 0 Å². The molecule has 63 heavy (non-hydrogen) atoms. The van der Waals surface area contributed by atoms with Crippen molar-refractivity contribution in [3.63, 3.8) is 0 Å². The van der Waals surface area contributed by atoms with Gasteiger partial charge in [0.05, 0.1) is 39.9 Å². The first-order valence-corrected chi connectivity index (χ1v) is 27.2.